The van der Waals surface area contributed by atoms with E-state index in [1.54, 1.807) is 6.07 Å². The third-order valence-electron chi connectivity index (χ3n) is 2.91. The normalized spacial score (nSPS) is 11.0. The molecular formula is C14H6BrClFNO2S. The van der Waals surface area contributed by atoms with Crippen LogP contribution in [0.2, 0.25) is 5.02 Å². The first-order valence-corrected chi connectivity index (χ1v) is 7.79. The standard InChI is InChI=1S/C14H6BrClFNO2S/c15-6-3-11(21-5-6)10-4-7(14(19)20)12-8(16)1-2-9(17)13(12)18-10/h1-5H,(H,19,20). The van der Waals surface area contributed by atoms with Crippen LogP contribution in [0, 0.1) is 5.82 Å². The average Bonchev–Trinajstić information content (AvgIpc) is 2.88. The van der Waals surface area contributed by atoms with E-state index in [-0.39, 0.29) is 21.5 Å². The van der Waals surface area contributed by atoms with Crippen LogP contribution in [-0.2, 0) is 0 Å². The number of aromatic carboxylic acids is 1. The van der Waals surface area contributed by atoms with Crippen molar-refractivity contribution < 1.29 is 14.3 Å². The molecule has 0 unspecified atom stereocenters. The number of halogens is 3. The van der Waals surface area contributed by atoms with E-state index in [0.717, 1.165) is 9.35 Å². The summed E-state index contributed by atoms with van der Waals surface area (Å²) >= 11 is 10.7. The molecule has 106 valence electrons. The Kier molecular flexibility index (Phi) is 3.69. The van der Waals surface area contributed by atoms with Crippen LogP contribution in [-0.4, -0.2) is 16.1 Å². The zero-order chi connectivity index (χ0) is 15.1. The predicted octanol–water partition coefficient (Wildman–Crippen LogP) is 5.22. The van der Waals surface area contributed by atoms with Crippen molar-refractivity contribution in [2.45, 2.75) is 0 Å². The number of fused-ring (bicyclic) bond motifs is 1. The number of carbonyl (C=O) groups is 1. The Morgan fingerprint density at radius 2 is 2.14 bits per heavy atom. The van der Waals surface area contributed by atoms with Gasteiger partial charge in [0.2, 0.25) is 0 Å². The topological polar surface area (TPSA) is 50.2 Å². The minimum atomic E-state index is -1.17. The molecule has 2 heterocycles. The lowest BCUT2D eigenvalue weighted by Crippen LogP contribution is -2.01. The molecule has 0 saturated heterocycles. The van der Waals surface area contributed by atoms with Gasteiger partial charge in [-0.25, -0.2) is 14.2 Å². The number of pyridine rings is 1. The number of rotatable bonds is 2. The zero-order valence-corrected chi connectivity index (χ0v) is 13.4. The lowest BCUT2D eigenvalue weighted by molar-refractivity contribution is 0.0699. The molecular weight excluding hydrogens is 381 g/mol. The number of carboxylic acids is 1. The Hall–Kier alpha value is -1.50. The molecule has 0 fully saturated rings. The molecule has 0 amide bonds. The maximum absolute atomic E-state index is 14.0. The van der Waals surface area contributed by atoms with Gasteiger partial charge in [-0.1, -0.05) is 11.6 Å². The van der Waals surface area contributed by atoms with E-state index >= 15 is 0 Å². The van der Waals surface area contributed by atoms with E-state index < -0.39 is 11.8 Å². The second-order valence-corrected chi connectivity index (χ2v) is 6.48. The van der Waals surface area contributed by atoms with Crippen LogP contribution in [0.15, 0.2) is 34.1 Å². The van der Waals surface area contributed by atoms with E-state index in [2.05, 4.69) is 20.9 Å². The molecule has 0 aliphatic carbocycles. The quantitative estimate of drug-likeness (QED) is 0.657. The SMILES string of the molecule is O=C(O)c1cc(-c2cc(Br)cs2)nc2c(F)ccc(Cl)c12. The van der Waals surface area contributed by atoms with Gasteiger partial charge >= 0.3 is 5.97 Å². The summed E-state index contributed by atoms with van der Waals surface area (Å²) in [6.45, 7) is 0. The lowest BCUT2D eigenvalue weighted by atomic mass is 10.1. The Balaban J connectivity index is 2.40. The molecule has 3 nitrogen and oxygen atoms in total. The summed E-state index contributed by atoms with van der Waals surface area (Å²) in [5.41, 5.74) is 0.294. The van der Waals surface area contributed by atoms with Crippen molar-refractivity contribution >= 4 is 55.7 Å². The Labute approximate surface area is 136 Å². The number of thiophene rings is 1. The second-order valence-electron chi connectivity index (χ2n) is 4.24. The van der Waals surface area contributed by atoms with Crippen molar-refractivity contribution in [2.75, 3.05) is 0 Å². The van der Waals surface area contributed by atoms with Gasteiger partial charge in [-0.2, -0.15) is 0 Å². The molecule has 21 heavy (non-hydrogen) atoms. The first-order valence-electron chi connectivity index (χ1n) is 5.74. The summed E-state index contributed by atoms with van der Waals surface area (Å²) in [7, 11) is 0. The third kappa shape index (κ3) is 2.54. The van der Waals surface area contributed by atoms with Crippen molar-refractivity contribution in [3.8, 4) is 10.6 Å². The summed E-state index contributed by atoms with van der Waals surface area (Å²) in [6.07, 6.45) is 0. The van der Waals surface area contributed by atoms with Gasteiger partial charge in [0.1, 0.15) is 11.3 Å². The second kappa shape index (κ2) is 5.36. The number of nitrogens with zero attached hydrogens (tertiary/aromatic N) is 1. The fourth-order valence-corrected chi connectivity index (χ4v) is 3.65. The fourth-order valence-electron chi connectivity index (χ4n) is 2.01. The average molecular weight is 387 g/mol. The smallest absolute Gasteiger partial charge is 0.336 e. The molecule has 0 bridgehead atoms. The van der Waals surface area contributed by atoms with Gasteiger partial charge in [-0.05, 0) is 40.2 Å². The number of benzene rings is 1. The van der Waals surface area contributed by atoms with Crippen molar-refractivity contribution in [3.05, 3.63) is 50.5 Å². The monoisotopic (exact) mass is 385 g/mol. The van der Waals surface area contributed by atoms with E-state index in [9.17, 15) is 14.3 Å². The maximum atomic E-state index is 14.0. The Morgan fingerprint density at radius 1 is 1.38 bits per heavy atom. The van der Waals surface area contributed by atoms with Crippen molar-refractivity contribution in [1.82, 2.24) is 4.98 Å². The summed E-state index contributed by atoms with van der Waals surface area (Å²) in [5.74, 6) is -1.78. The van der Waals surface area contributed by atoms with Crippen molar-refractivity contribution in [2.24, 2.45) is 0 Å². The third-order valence-corrected chi connectivity index (χ3v) is 4.94. The summed E-state index contributed by atoms with van der Waals surface area (Å²) < 4.78 is 14.8. The van der Waals surface area contributed by atoms with Crippen LogP contribution < -0.4 is 0 Å². The highest BCUT2D eigenvalue weighted by atomic mass is 79.9. The molecule has 0 aliphatic heterocycles. The van der Waals surface area contributed by atoms with E-state index in [4.69, 9.17) is 11.6 Å². The summed E-state index contributed by atoms with van der Waals surface area (Å²) in [6, 6.07) is 5.72. The highest BCUT2D eigenvalue weighted by molar-refractivity contribution is 9.10. The molecule has 7 heteroatoms. The molecule has 0 spiro atoms. The predicted molar refractivity (Wildman–Crippen MR) is 84.7 cm³/mol. The van der Waals surface area contributed by atoms with Crippen molar-refractivity contribution in [1.29, 1.82) is 0 Å². The zero-order valence-electron chi connectivity index (χ0n) is 10.2. The molecule has 1 N–H and O–H groups in total. The van der Waals surface area contributed by atoms with Crippen LogP contribution >= 0.6 is 38.9 Å². The first kappa shape index (κ1) is 14.4. The number of carboxylic acid groups (broad SMARTS) is 1. The maximum Gasteiger partial charge on any atom is 0.336 e. The van der Waals surface area contributed by atoms with Crippen LogP contribution in [0.25, 0.3) is 21.5 Å². The molecule has 0 saturated carbocycles. The van der Waals surface area contributed by atoms with E-state index in [1.165, 1.54) is 29.5 Å². The van der Waals surface area contributed by atoms with E-state index in [1.807, 2.05) is 5.38 Å². The first-order chi connectivity index (χ1) is 9.97. The number of hydrogen-bond acceptors (Lipinski definition) is 3. The summed E-state index contributed by atoms with van der Waals surface area (Å²) in [4.78, 5) is 16.4. The van der Waals surface area contributed by atoms with Gasteiger partial charge in [-0.15, -0.1) is 11.3 Å². The fraction of sp³-hybridized carbons (Fsp3) is 0. The van der Waals surface area contributed by atoms with Crippen molar-refractivity contribution in [3.63, 3.8) is 0 Å². The van der Waals surface area contributed by atoms with E-state index in [0.29, 0.717) is 5.69 Å². The highest BCUT2D eigenvalue weighted by Crippen LogP contribution is 2.34. The number of aromatic nitrogens is 1. The molecule has 1 aromatic carbocycles. The van der Waals surface area contributed by atoms with Crippen LogP contribution in [0.4, 0.5) is 4.39 Å². The lowest BCUT2D eigenvalue weighted by Gasteiger charge is -2.08. The highest BCUT2D eigenvalue weighted by Gasteiger charge is 2.18. The van der Waals surface area contributed by atoms with Gasteiger partial charge in [0.25, 0.3) is 0 Å². The van der Waals surface area contributed by atoms with Gasteiger partial charge in [0.05, 0.1) is 21.2 Å². The van der Waals surface area contributed by atoms with Gasteiger partial charge < -0.3 is 5.11 Å². The minimum Gasteiger partial charge on any atom is -0.478 e. The van der Waals surface area contributed by atoms with Crippen LogP contribution in [0.5, 0.6) is 0 Å². The van der Waals surface area contributed by atoms with Gasteiger partial charge in [-0.3, -0.25) is 0 Å². The Bertz CT molecular complexity index is 881. The van der Waals surface area contributed by atoms with Gasteiger partial charge in [0.15, 0.2) is 0 Å². The Morgan fingerprint density at radius 3 is 2.76 bits per heavy atom. The molecule has 0 atom stereocenters. The largest absolute Gasteiger partial charge is 0.478 e. The molecule has 3 rings (SSSR count). The molecule has 2 aromatic heterocycles. The molecule has 0 radical (unpaired) electrons. The molecule has 0 aliphatic rings. The summed E-state index contributed by atoms with van der Waals surface area (Å²) in [5, 5.41) is 11.5. The minimum absolute atomic E-state index is 0.0399. The number of hydrogen-bond donors (Lipinski definition) is 1. The van der Waals surface area contributed by atoms with Crippen LogP contribution in [0.3, 0.4) is 0 Å². The molecule has 3 aromatic rings. The van der Waals surface area contributed by atoms with Crippen LogP contribution in [0.1, 0.15) is 10.4 Å². The van der Waals surface area contributed by atoms with Gasteiger partial charge in [0, 0.05) is 15.2 Å².